The molecule has 0 amide bonds. The number of thioether (sulfide) groups is 1. The summed E-state index contributed by atoms with van der Waals surface area (Å²) in [5.74, 6) is 1.97. The molecule has 3 aliphatic rings. The summed E-state index contributed by atoms with van der Waals surface area (Å²) < 4.78 is 0. The van der Waals surface area contributed by atoms with Crippen molar-refractivity contribution in [1.82, 2.24) is 15.0 Å². The molecule has 0 bridgehead atoms. The average molecular weight is 748 g/mol. The summed E-state index contributed by atoms with van der Waals surface area (Å²) >= 11 is 2.02. The first-order valence-electron chi connectivity index (χ1n) is 19.6. The Morgan fingerprint density at radius 2 is 1.04 bits per heavy atom. The molecular weight excluding hydrogens is 711 g/mol. The molecule has 1 aromatic heterocycles. The molecule has 2 aliphatic carbocycles. The van der Waals surface area contributed by atoms with Crippen molar-refractivity contribution in [2.45, 2.75) is 28.9 Å². The van der Waals surface area contributed by atoms with E-state index >= 15 is 0 Å². The van der Waals surface area contributed by atoms with E-state index in [2.05, 4.69) is 134 Å². The summed E-state index contributed by atoms with van der Waals surface area (Å²) in [5.41, 5.74) is 16.9. The summed E-state index contributed by atoms with van der Waals surface area (Å²) in [6, 6.07) is 61.1. The average Bonchev–Trinajstić information content (AvgIpc) is 3.57. The Morgan fingerprint density at radius 3 is 1.70 bits per heavy atom. The highest BCUT2D eigenvalue weighted by atomic mass is 32.2. The number of aryl methyl sites for hydroxylation is 1. The van der Waals surface area contributed by atoms with Crippen LogP contribution in [0.15, 0.2) is 199 Å². The van der Waals surface area contributed by atoms with Crippen LogP contribution in [0.25, 0.3) is 67.5 Å². The third-order valence-electron chi connectivity index (χ3n) is 11.8. The second-order valence-electron chi connectivity index (χ2n) is 15.1. The van der Waals surface area contributed by atoms with Crippen molar-refractivity contribution >= 4 is 11.8 Å². The lowest BCUT2D eigenvalue weighted by atomic mass is 9.64. The lowest BCUT2D eigenvalue weighted by molar-refractivity contribution is 0.673. The van der Waals surface area contributed by atoms with Crippen LogP contribution in [0.1, 0.15) is 28.7 Å². The number of rotatable bonds is 5. The van der Waals surface area contributed by atoms with Gasteiger partial charge in [-0.2, -0.15) is 0 Å². The van der Waals surface area contributed by atoms with Gasteiger partial charge in [-0.3, -0.25) is 0 Å². The lowest BCUT2D eigenvalue weighted by Crippen LogP contribution is -2.38. The predicted molar refractivity (Wildman–Crippen MR) is 235 cm³/mol. The zero-order valence-electron chi connectivity index (χ0n) is 31.4. The fourth-order valence-corrected chi connectivity index (χ4v) is 10.6. The van der Waals surface area contributed by atoms with Crippen LogP contribution in [-0.4, -0.2) is 20.2 Å². The molecule has 7 aromatic carbocycles. The second kappa shape index (κ2) is 13.5. The Labute approximate surface area is 337 Å². The molecule has 0 saturated carbocycles. The van der Waals surface area contributed by atoms with E-state index in [1.54, 1.807) is 0 Å². The molecule has 1 atom stereocenters. The minimum atomic E-state index is -0.329. The molecule has 1 unspecified atom stereocenters. The highest BCUT2D eigenvalue weighted by molar-refractivity contribution is 8.00. The van der Waals surface area contributed by atoms with E-state index in [4.69, 9.17) is 15.0 Å². The molecule has 2 heterocycles. The van der Waals surface area contributed by atoms with Crippen LogP contribution in [-0.2, 0) is 5.41 Å². The molecular formula is C53H37N3S. The highest BCUT2D eigenvalue weighted by Gasteiger charge is 2.52. The lowest BCUT2D eigenvalue weighted by Gasteiger charge is -2.45. The Bertz CT molecular complexity index is 2830. The van der Waals surface area contributed by atoms with E-state index in [0.717, 1.165) is 28.7 Å². The van der Waals surface area contributed by atoms with Crippen LogP contribution in [0.4, 0.5) is 0 Å². The normalized spacial score (nSPS) is 15.7. The van der Waals surface area contributed by atoms with E-state index in [1.165, 1.54) is 60.5 Å². The van der Waals surface area contributed by atoms with Gasteiger partial charge in [0.15, 0.2) is 17.5 Å². The van der Waals surface area contributed by atoms with Gasteiger partial charge < -0.3 is 0 Å². The third kappa shape index (κ3) is 5.47. The third-order valence-corrected chi connectivity index (χ3v) is 13.2. The maximum atomic E-state index is 5.00. The van der Waals surface area contributed by atoms with E-state index in [0.29, 0.717) is 22.7 Å². The monoisotopic (exact) mass is 747 g/mol. The minimum absolute atomic E-state index is 0.329. The van der Waals surface area contributed by atoms with Gasteiger partial charge in [0, 0.05) is 26.8 Å². The molecule has 0 radical (unpaired) electrons. The van der Waals surface area contributed by atoms with Crippen LogP contribution in [0.2, 0.25) is 0 Å². The minimum Gasteiger partial charge on any atom is -0.208 e. The van der Waals surface area contributed by atoms with Gasteiger partial charge in [-0.1, -0.05) is 170 Å². The Morgan fingerprint density at radius 1 is 0.474 bits per heavy atom. The molecule has 11 rings (SSSR count). The number of hydrogen-bond acceptors (Lipinski definition) is 4. The zero-order valence-corrected chi connectivity index (χ0v) is 32.2. The molecule has 0 saturated heterocycles. The SMILES string of the molecule is Cc1cc(-c2ccc3c(c2)C2(C4=CC=CCC4S3)c3ccccc3-c3ccccc32)ccc1-c1cccc(-c2nc(-c3ccccc3)nc(-c3ccccc3)n2)c1. The summed E-state index contributed by atoms with van der Waals surface area (Å²) in [7, 11) is 0. The Kier molecular flexibility index (Phi) is 8.01. The molecule has 4 heteroatoms. The molecule has 8 aromatic rings. The summed E-state index contributed by atoms with van der Waals surface area (Å²) in [6.45, 7) is 2.22. The van der Waals surface area contributed by atoms with Crippen molar-refractivity contribution in [3.63, 3.8) is 0 Å². The van der Waals surface area contributed by atoms with Crippen molar-refractivity contribution < 1.29 is 0 Å². The maximum absolute atomic E-state index is 5.00. The van der Waals surface area contributed by atoms with Gasteiger partial charge in [-0.05, 0) is 92.8 Å². The smallest absolute Gasteiger partial charge is 0.164 e. The molecule has 3 nitrogen and oxygen atoms in total. The van der Waals surface area contributed by atoms with E-state index in [9.17, 15) is 0 Å². The largest absolute Gasteiger partial charge is 0.208 e. The predicted octanol–water partition coefficient (Wildman–Crippen LogP) is 13.2. The standard InChI is InChI=1S/C53H37N3S/c1-34-31-37(27-29-41(34)39-19-14-20-40(32-39)52-55-50(35-15-4-2-5-16-35)54-51(56-52)36-17-6-3-7-18-36)38-28-30-49-47(33-38)53(46-25-12-13-26-48(46)57-49)44-23-10-8-21-42(44)43-22-9-11-24-45(43)53/h2-25,27-33,48H,26H2,1H3. The van der Waals surface area contributed by atoms with Gasteiger partial charge in [0.2, 0.25) is 0 Å². The van der Waals surface area contributed by atoms with Crippen LogP contribution in [0, 0.1) is 6.92 Å². The molecule has 0 N–H and O–H groups in total. The van der Waals surface area contributed by atoms with Crippen molar-refractivity contribution in [2.24, 2.45) is 0 Å². The van der Waals surface area contributed by atoms with Crippen molar-refractivity contribution in [1.29, 1.82) is 0 Å². The van der Waals surface area contributed by atoms with Crippen LogP contribution in [0.3, 0.4) is 0 Å². The first-order valence-corrected chi connectivity index (χ1v) is 20.5. The maximum Gasteiger partial charge on any atom is 0.164 e. The molecule has 1 aliphatic heterocycles. The number of hydrogen-bond donors (Lipinski definition) is 0. The summed E-state index contributed by atoms with van der Waals surface area (Å²) in [4.78, 5) is 16.3. The van der Waals surface area contributed by atoms with Gasteiger partial charge >= 0.3 is 0 Å². The fraction of sp³-hybridized carbons (Fsp3) is 0.0755. The van der Waals surface area contributed by atoms with E-state index < -0.39 is 0 Å². The number of allylic oxidation sites excluding steroid dienone is 3. The first-order chi connectivity index (χ1) is 28.1. The van der Waals surface area contributed by atoms with Gasteiger partial charge in [0.05, 0.1) is 5.41 Å². The van der Waals surface area contributed by atoms with E-state index in [-0.39, 0.29) is 5.41 Å². The Hall–Kier alpha value is -6.62. The van der Waals surface area contributed by atoms with Crippen molar-refractivity contribution in [2.75, 3.05) is 0 Å². The number of fused-ring (bicyclic) bond motifs is 9. The van der Waals surface area contributed by atoms with Crippen LogP contribution >= 0.6 is 11.8 Å². The summed E-state index contributed by atoms with van der Waals surface area (Å²) in [6.07, 6.45) is 8.05. The van der Waals surface area contributed by atoms with Crippen molar-refractivity contribution in [3.05, 3.63) is 216 Å². The Balaban J connectivity index is 0.999. The number of nitrogens with zero attached hydrogens (tertiary/aromatic N) is 3. The molecule has 270 valence electrons. The fourth-order valence-electron chi connectivity index (χ4n) is 9.27. The summed E-state index contributed by atoms with van der Waals surface area (Å²) in [5, 5.41) is 0.400. The molecule has 0 fully saturated rings. The highest BCUT2D eigenvalue weighted by Crippen LogP contribution is 2.63. The molecule has 57 heavy (non-hydrogen) atoms. The zero-order chi connectivity index (χ0) is 37.9. The van der Waals surface area contributed by atoms with Gasteiger partial charge in [0.25, 0.3) is 0 Å². The second-order valence-corrected chi connectivity index (χ2v) is 16.3. The topological polar surface area (TPSA) is 38.7 Å². The first kappa shape index (κ1) is 33.7. The van der Waals surface area contributed by atoms with Crippen molar-refractivity contribution in [3.8, 4) is 67.5 Å². The van der Waals surface area contributed by atoms with Crippen LogP contribution in [0.5, 0.6) is 0 Å². The molecule has 1 spiro atoms. The van der Waals surface area contributed by atoms with E-state index in [1.807, 2.05) is 72.4 Å². The van der Waals surface area contributed by atoms with Gasteiger partial charge in [0.1, 0.15) is 0 Å². The van der Waals surface area contributed by atoms with Gasteiger partial charge in [-0.15, -0.1) is 11.8 Å². The number of benzene rings is 7. The quantitative estimate of drug-likeness (QED) is 0.176. The van der Waals surface area contributed by atoms with Crippen LogP contribution < -0.4 is 0 Å². The van der Waals surface area contributed by atoms with Gasteiger partial charge in [-0.25, -0.2) is 15.0 Å². The number of aromatic nitrogens is 3.